The molecule has 0 aromatic heterocycles. The van der Waals surface area contributed by atoms with E-state index >= 15 is 0 Å². The number of nitrogens with zero attached hydrogens (tertiary/aromatic N) is 1. The van der Waals surface area contributed by atoms with E-state index in [9.17, 15) is 9.59 Å². The van der Waals surface area contributed by atoms with Gasteiger partial charge in [0.2, 0.25) is 5.78 Å². The number of rotatable bonds is 9. The van der Waals surface area contributed by atoms with Crippen molar-refractivity contribution in [2.45, 2.75) is 19.1 Å². The van der Waals surface area contributed by atoms with E-state index in [0.29, 0.717) is 23.5 Å². The number of carbonyl (C=O) groups excluding carboxylic acids is 2. The maximum absolute atomic E-state index is 13.7. The van der Waals surface area contributed by atoms with E-state index in [4.69, 9.17) is 9.47 Å². The van der Waals surface area contributed by atoms with Crippen LogP contribution < -0.4 is 14.4 Å². The van der Waals surface area contributed by atoms with Crippen LogP contribution in [0.5, 0.6) is 11.5 Å². The van der Waals surface area contributed by atoms with Crippen LogP contribution >= 0.6 is 0 Å². The first-order valence-electron chi connectivity index (χ1n) is 12.1. The van der Waals surface area contributed by atoms with Crippen molar-refractivity contribution in [3.63, 3.8) is 0 Å². The highest BCUT2D eigenvalue weighted by molar-refractivity contribution is 6.02. The van der Waals surface area contributed by atoms with Crippen LogP contribution in [0.2, 0.25) is 0 Å². The highest BCUT2D eigenvalue weighted by Gasteiger charge is 2.43. The Morgan fingerprint density at radius 3 is 2.06 bits per heavy atom. The standard InChI is InChI=1S/C31H27NO4/c1-2-35-25-19-17-24(18-20-25)32(21-27(33)22-11-5-3-6-12-22)29-26-15-9-10-16-28(26)36-31(29)30(34)23-13-7-4-8-14-23/h3-20,29,31H,2,21H2,1H3. The van der Waals surface area contributed by atoms with Gasteiger partial charge in [-0.2, -0.15) is 0 Å². The first kappa shape index (κ1) is 23.4. The van der Waals surface area contributed by atoms with Crippen molar-refractivity contribution in [3.8, 4) is 11.5 Å². The molecule has 0 spiro atoms. The molecule has 0 radical (unpaired) electrons. The average molecular weight is 478 g/mol. The van der Waals surface area contributed by atoms with Crippen molar-refractivity contribution in [2.75, 3.05) is 18.1 Å². The van der Waals surface area contributed by atoms with Crippen LogP contribution in [0, 0.1) is 0 Å². The van der Waals surface area contributed by atoms with Gasteiger partial charge in [0.1, 0.15) is 17.5 Å². The monoisotopic (exact) mass is 477 g/mol. The molecule has 0 saturated carbocycles. The molecule has 5 nitrogen and oxygen atoms in total. The maximum atomic E-state index is 13.7. The molecule has 0 bridgehead atoms. The van der Waals surface area contributed by atoms with Gasteiger partial charge in [0.15, 0.2) is 11.9 Å². The van der Waals surface area contributed by atoms with Crippen molar-refractivity contribution in [1.82, 2.24) is 0 Å². The van der Waals surface area contributed by atoms with Gasteiger partial charge in [0, 0.05) is 22.4 Å². The smallest absolute Gasteiger partial charge is 0.205 e. The minimum Gasteiger partial charge on any atom is -0.494 e. The number of anilines is 1. The summed E-state index contributed by atoms with van der Waals surface area (Å²) in [5.41, 5.74) is 2.87. The SMILES string of the molecule is CCOc1ccc(N(CC(=O)c2ccccc2)C2c3ccccc3OC2C(=O)c2ccccc2)cc1. The minimum atomic E-state index is -0.806. The molecular weight excluding hydrogens is 450 g/mol. The normalized spacial score (nSPS) is 16.0. The van der Waals surface area contributed by atoms with Gasteiger partial charge in [-0.05, 0) is 37.3 Å². The molecule has 1 aliphatic rings. The van der Waals surface area contributed by atoms with Crippen LogP contribution in [0.4, 0.5) is 5.69 Å². The highest BCUT2D eigenvalue weighted by atomic mass is 16.5. The Kier molecular flexibility index (Phi) is 6.80. The number of benzene rings is 4. The summed E-state index contributed by atoms with van der Waals surface area (Å²) in [5, 5.41) is 0. The van der Waals surface area contributed by atoms with Crippen molar-refractivity contribution in [2.24, 2.45) is 0 Å². The largest absolute Gasteiger partial charge is 0.494 e. The number of hydrogen-bond donors (Lipinski definition) is 0. The third-order valence-corrected chi connectivity index (χ3v) is 6.32. The summed E-state index contributed by atoms with van der Waals surface area (Å²) >= 11 is 0. The third kappa shape index (κ3) is 4.73. The lowest BCUT2D eigenvalue weighted by atomic mass is 9.94. The molecule has 0 fully saturated rings. The van der Waals surface area contributed by atoms with Gasteiger partial charge in [0.25, 0.3) is 0 Å². The van der Waals surface area contributed by atoms with Crippen molar-refractivity contribution in [1.29, 1.82) is 0 Å². The number of hydrogen-bond acceptors (Lipinski definition) is 5. The summed E-state index contributed by atoms with van der Waals surface area (Å²) in [5.74, 6) is 1.23. The fourth-order valence-electron chi connectivity index (χ4n) is 4.61. The zero-order valence-electron chi connectivity index (χ0n) is 20.0. The minimum absolute atomic E-state index is 0.0419. The summed E-state index contributed by atoms with van der Waals surface area (Å²) in [6.07, 6.45) is -0.806. The lowest BCUT2D eigenvalue weighted by Crippen LogP contribution is -2.42. The van der Waals surface area contributed by atoms with Gasteiger partial charge in [0.05, 0.1) is 13.2 Å². The third-order valence-electron chi connectivity index (χ3n) is 6.32. The summed E-state index contributed by atoms with van der Waals surface area (Å²) in [4.78, 5) is 29.1. The van der Waals surface area contributed by atoms with Gasteiger partial charge in [-0.15, -0.1) is 0 Å². The number of para-hydroxylation sites is 1. The second-order valence-electron chi connectivity index (χ2n) is 8.60. The average Bonchev–Trinajstić information content (AvgIpc) is 3.32. The number of ether oxygens (including phenoxy) is 2. The molecule has 4 aromatic rings. The molecule has 1 aliphatic heterocycles. The topological polar surface area (TPSA) is 55.8 Å². The van der Waals surface area contributed by atoms with Crippen molar-refractivity contribution in [3.05, 3.63) is 126 Å². The van der Waals surface area contributed by atoms with E-state index < -0.39 is 12.1 Å². The fourth-order valence-corrected chi connectivity index (χ4v) is 4.61. The molecule has 1 heterocycles. The number of fused-ring (bicyclic) bond motifs is 1. The molecule has 5 heteroatoms. The van der Waals surface area contributed by atoms with Crippen LogP contribution in [0.15, 0.2) is 109 Å². The Morgan fingerprint density at radius 2 is 1.39 bits per heavy atom. The molecular formula is C31H27NO4. The molecule has 0 saturated heterocycles. The number of carbonyl (C=O) groups is 2. The van der Waals surface area contributed by atoms with E-state index in [1.54, 1.807) is 12.1 Å². The quantitative estimate of drug-likeness (QED) is 0.270. The Labute approximate surface area is 210 Å². The van der Waals surface area contributed by atoms with Gasteiger partial charge in [-0.1, -0.05) is 78.9 Å². The van der Waals surface area contributed by atoms with Crippen LogP contribution in [-0.4, -0.2) is 30.8 Å². The van der Waals surface area contributed by atoms with E-state index in [0.717, 1.165) is 17.0 Å². The Balaban J connectivity index is 1.58. The second-order valence-corrected chi connectivity index (χ2v) is 8.60. The van der Waals surface area contributed by atoms with Crippen LogP contribution in [0.25, 0.3) is 0 Å². The molecule has 36 heavy (non-hydrogen) atoms. The van der Waals surface area contributed by atoms with Gasteiger partial charge < -0.3 is 14.4 Å². The lowest BCUT2D eigenvalue weighted by molar-refractivity contribution is 0.0784. The predicted octanol–water partition coefficient (Wildman–Crippen LogP) is 6.16. The number of ketones is 2. The molecule has 4 aromatic carbocycles. The molecule has 2 unspecified atom stereocenters. The summed E-state index contributed by atoms with van der Waals surface area (Å²) in [6.45, 7) is 2.58. The van der Waals surface area contributed by atoms with Gasteiger partial charge in [-0.25, -0.2) is 0 Å². The second kappa shape index (κ2) is 10.5. The maximum Gasteiger partial charge on any atom is 0.205 e. The summed E-state index contributed by atoms with van der Waals surface area (Å²) in [7, 11) is 0. The Bertz CT molecular complexity index is 1340. The zero-order chi connectivity index (χ0) is 24.9. The van der Waals surface area contributed by atoms with Crippen molar-refractivity contribution >= 4 is 17.3 Å². The lowest BCUT2D eigenvalue weighted by Gasteiger charge is -2.33. The van der Waals surface area contributed by atoms with E-state index in [1.165, 1.54) is 0 Å². The molecule has 0 amide bonds. The predicted molar refractivity (Wildman–Crippen MR) is 140 cm³/mol. The van der Waals surface area contributed by atoms with Gasteiger partial charge >= 0.3 is 0 Å². The van der Waals surface area contributed by atoms with Crippen LogP contribution in [0.1, 0.15) is 39.2 Å². The molecule has 0 N–H and O–H groups in total. The number of Topliss-reactive ketones (excluding diaryl/α,β-unsaturated/α-hetero) is 2. The summed E-state index contributed by atoms with van der Waals surface area (Å²) in [6, 6.07) is 33.1. The highest BCUT2D eigenvalue weighted by Crippen LogP contribution is 2.43. The first-order chi connectivity index (χ1) is 17.7. The van der Waals surface area contributed by atoms with E-state index in [2.05, 4.69) is 0 Å². The van der Waals surface area contributed by atoms with Crippen LogP contribution in [-0.2, 0) is 0 Å². The van der Waals surface area contributed by atoms with Gasteiger partial charge in [-0.3, -0.25) is 9.59 Å². The van der Waals surface area contributed by atoms with E-state index in [-0.39, 0.29) is 18.1 Å². The fraction of sp³-hybridized carbons (Fsp3) is 0.161. The Morgan fingerprint density at radius 1 is 0.778 bits per heavy atom. The molecule has 0 aliphatic carbocycles. The zero-order valence-corrected chi connectivity index (χ0v) is 20.0. The molecule has 180 valence electrons. The van der Waals surface area contributed by atoms with Crippen LogP contribution in [0.3, 0.4) is 0 Å². The molecule has 2 atom stereocenters. The Hall–Kier alpha value is -4.38. The van der Waals surface area contributed by atoms with E-state index in [1.807, 2.05) is 109 Å². The summed E-state index contributed by atoms with van der Waals surface area (Å²) < 4.78 is 11.9. The van der Waals surface area contributed by atoms with Crippen molar-refractivity contribution < 1.29 is 19.1 Å². The first-order valence-corrected chi connectivity index (χ1v) is 12.1. The molecule has 5 rings (SSSR count).